The first-order valence-corrected chi connectivity index (χ1v) is 5.46. The molecule has 0 heterocycles. The largest absolute Gasteiger partial charge is 0.491 e. The first-order chi connectivity index (χ1) is 8.04. The summed E-state index contributed by atoms with van der Waals surface area (Å²) in [6.45, 7) is 4.28. The SMILES string of the molecule is CCNC(COc1ccc(F)c(C)c1)C(N)=O. The average Bonchev–Trinajstić information content (AvgIpc) is 2.28. The van der Waals surface area contributed by atoms with Crippen molar-refractivity contribution in [1.82, 2.24) is 5.32 Å². The van der Waals surface area contributed by atoms with Gasteiger partial charge in [0.1, 0.15) is 24.2 Å². The van der Waals surface area contributed by atoms with E-state index in [0.29, 0.717) is 17.9 Å². The van der Waals surface area contributed by atoms with Crippen molar-refractivity contribution in [2.45, 2.75) is 19.9 Å². The van der Waals surface area contributed by atoms with Gasteiger partial charge in [0.05, 0.1) is 0 Å². The fraction of sp³-hybridized carbons (Fsp3) is 0.417. The molecule has 94 valence electrons. The normalized spacial score (nSPS) is 12.2. The molecule has 0 aliphatic rings. The summed E-state index contributed by atoms with van der Waals surface area (Å²) in [6.07, 6.45) is 0. The molecule has 0 bridgehead atoms. The number of nitrogens with one attached hydrogen (secondary N) is 1. The minimum absolute atomic E-state index is 0.133. The number of ether oxygens (including phenoxy) is 1. The summed E-state index contributed by atoms with van der Waals surface area (Å²) in [5, 5.41) is 2.90. The molecule has 0 aromatic heterocycles. The van der Waals surface area contributed by atoms with Crippen molar-refractivity contribution >= 4 is 5.91 Å². The highest BCUT2D eigenvalue weighted by molar-refractivity contribution is 5.80. The summed E-state index contributed by atoms with van der Waals surface area (Å²) in [6, 6.07) is 3.90. The Balaban J connectivity index is 2.59. The van der Waals surface area contributed by atoms with Crippen molar-refractivity contribution < 1.29 is 13.9 Å². The molecule has 0 radical (unpaired) electrons. The summed E-state index contributed by atoms with van der Waals surface area (Å²) in [4.78, 5) is 11.1. The van der Waals surface area contributed by atoms with Crippen LogP contribution in [-0.4, -0.2) is 25.1 Å². The highest BCUT2D eigenvalue weighted by atomic mass is 19.1. The zero-order valence-corrected chi connectivity index (χ0v) is 10.00. The second-order valence-corrected chi connectivity index (χ2v) is 3.73. The molecule has 0 aliphatic carbocycles. The van der Waals surface area contributed by atoms with E-state index < -0.39 is 11.9 Å². The van der Waals surface area contributed by atoms with E-state index in [1.807, 2.05) is 6.92 Å². The van der Waals surface area contributed by atoms with Crippen LogP contribution in [0.2, 0.25) is 0 Å². The molecule has 0 saturated carbocycles. The van der Waals surface area contributed by atoms with E-state index in [0.717, 1.165) is 0 Å². The number of amides is 1. The number of carbonyl (C=O) groups excluding carboxylic acids is 1. The van der Waals surface area contributed by atoms with Crippen LogP contribution in [0.4, 0.5) is 4.39 Å². The van der Waals surface area contributed by atoms with Crippen LogP contribution in [0.15, 0.2) is 18.2 Å². The highest BCUT2D eigenvalue weighted by Gasteiger charge is 2.14. The van der Waals surface area contributed by atoms with E-state index >= 15 is 0 Å². The van der Waals surface area contributed by atoms with Crippen molar-refractivity contribution in [3.05, 3.63) is 29.6 Å². The number of likely N-dealkylation sites (N-methyl/N-ethyl adjacent to an activating group) is 1. The molecule has 0 spiro atoms. The average molecular weight is 240 g/mol. The Morgan fingerprint density at radius 2 is 2.29 bits per heavy atom. The third-order valence-electron chi connectivity index (χ3n) is 2.34. The Labute approximate surface area is 100.0 Å². The predicted molar refractivity (Wildman–Crippen MR) is 63.3 cm³/mol. The van der Waals surface area contributed by atoms with E-state index in [1.54, 1.807) is 13.0 Å². The van der Waals surface area contributed by atoms with E-state index in [4.69, 9.17) is 10.5 Å². The number of hydrogen-bond acceptors (Lipinski definition) is 3. The second kappa shape index (κ2) is 6.20. The lowest BCUT2D eigenvalue weighted by Gasteiger charge is -2.15. The number of aryl methyl sites for hydroxylation is 1. The number of rotatable bonds is 6. The number of nitrogens with two attached hydrogens (primary N) is 1. The Morgan fingerprint density at radius 1 is 1.59 bits per heavy atom. The molecule has 0 fully saturated rings. The molecule has 5 heteroatoms. The van der Waals surface area contributed by atoms with E-state index in [2.05, 4.69) is 5.32 Å². The van der Waals surface area contributed by atoms with Crippen LogP contribution in [0.3, 0.4) is 0 Å². The topological polar surface area (TPSA) is 64.3 Å². The van der Waals surface area contributed by atoms with Crippen LogP contribution < -0.4 is 15.8 Å². The summed E-state index contributed by atoms with van der Waals surface area (Å²) in [7, 11) is 0. The number of hydrogen-bond donors (Lipinski definition) is 2. The minimum Gasteiger partial charge on any atom is -0.491 e. The quantitative estimate of drug-likeness (QED) is 0.779. The molecular weight excluding hydrogens is 223 g/mol. The first-order valence-electron chi connectivity index (χ1n) is 5.46. The van der Waals surface area contributed by atoms with E-state index in [9.17, 15) is 9.18 Å². The lowest BCUT2D eigenvalue weighted by Crippen LogP contribution is -2.45. The molecule has 1 rings (SSSR count). The van der Waals surface area contributed by atoms with Crippen molar-refractivity contribution in [3.63, 3.8) is 0 Å². The summed E-state index contributed by atoms with van der Waals surface area (Å²) < 4.78 is 18.4. The van der Waals surface area contributed by atoms with Crippen molar-refractivity contribution in [2.24, 2.45) is 5.73 Å². The molecule has 3 N–H and O–H groups in total. The van der Waals surface area contributed by atoms with Crippen LogP contribution in [0.1, 0.15) is 12.5 Å². The van der Waals surface area contributed by atoms with Gasteiger partial charge in [-0.05, 0) is 37.2 Å². The van der Waals surface area contributed by atoms with E-state index in [-0.39, 0.29) is 12.4 Å². The molecule has 17 heavy (non-hydrogen) atoms. The molecule has 1 aromatic carbocycles. The van der Waals surface area contributed by atoms with Gasteiger partial charge in [0.25, 0.3) is 0 Å². The zero-order chi connectivity index (χ0) is 12.8. The van der Waals surface area contributed by atoms with Crippen LogP contribution >= 0.6 is 0 Å². The van der Waals surface area contributed by atoms with Gasteiger partial charge < -0.3 is 15.8 Å². The molecule has 4 nitrogen and oxygen atoms in total. The Bertz CT molecular complexity index is 396. The molecule has 1 amide bonds. The number of primary amides is 1. The highest BCUT2D eigenvalue weighted by Crippen LogP contribution is 2.15. The van der Waals surface area contributed by atoms with Gasteiger partial charge in [-0.25, -0.2) is 4.39 Å². The molecule has 1 unspecified atom stereocenters. The molecule has 1 atom stereocenters. The predicted octanol–water partition coefficient (Wildman–Crippen LogP) is 0.976. The fourth-order valence-corrected chi connectivity index (χ4v) is 1.37. The third-order valence-corrected chi connectivity index (χ3v) is 2.34. The number of benzene rings is 1. The van der Waals surface area contributed by atoms with Gasteiger partial charge in [0.2, 0.25) is 5.91 Å². The van der Waals surface area contributed by atoms with Gasteiger partial charge in [-0.1, -0.05) is 6.92 Å². The van der Waals surface area contributed by atoms with Gasteiger partial charge in [-0.2, -0.15) is 0 Å². The van der Waals surface area contributed by atoms with Crippen LogP contribution in [0.5, 0.6) is 5.75 Å². The summed E-state index contributed by atoms with van der Waals surface area (Å²) >= 11 is 0. The maximum absolute atomic E-state index is 13.0. The van der Waals surface area contributed by atoms with Gasteiger partial charge in [-0.3, -0.25) is 4.79 Å². The lowest BCUT2D eigenvalue weighted by atomic mass is 10.2. The van der Waals surface area contributed by atoms with E-state index in [1.165, 1.54) is 12.1 Å². The number of halogens is 1. The summed E-state index contributed by atoms with van der Waals surface area (Å²) in [5.74, 6) is -0.228. The Hall–Kier alpha value is -1.62. The van der Waals surface area contributed by atoms with Gasteiger partial charge in [0.15, 0.2) is 0 Å². The van der Waals surface area contributed by atoms with Crippen LogP contribution in [-0.2, 0) is 4.79 Å². The maximum atomic E-state index is 13.0. The lowest BCUT2D eigenvalue weighted by molar-refractivity contribution is -0.120. The minimum atomic E-state index is -0.537. The third kappa shape index (κ3) is 4.03. The first kappa shape index (κ1) is 13.4. The van der Waals surface area contributed by atoms with Gasteiger partial charge in [0, 0.05) is 0 Å². The molecular formula is C12H17FN2O2. The van der Waals surface area contributed by atoms with Crippen molar-refractivity contribution in [2.75, 3.05) is 13.2 Å². The molecule has 0 saturated heterocycles. The second-order valence-electron chi connectivity index (χ2n) is 3.73. The smallest absolute Gasteiger partial charge is 0.238 e. The number of carbonyl (C=O) groups is 1. The van der Waals surface area contributed by atoms with Crippen molar-refractivity contribution in [1.29, 1.82) is 0 Å². The van der Waals surface area contributed by atoms with Crippen molar-refractivity contribution in [3.8, 4) is 5.75 Å². The van der Waals surface area contributed by atoms with Crippen LogP contribution in [0, 0.1) is 12.7 Å². The fourth-order valence-electron chi connectivity index (χ4n) is 1.37. The molecule has 0 aliphatic heterocycles. The van der Waals surface area contributed by atoms with Crippen LogP contribution in [0.25, 0.3) is 0 Å². The Kier molecular flexibility index (Phi) is 4.90. The Morgan fingerprint density at radius 3 is 2.82 bits per heavy atom. The summed E-state index contributed by atoms with van der Waals surface area (Å²) in [5.41, 5.74) is 5.70. The molecule has 1 aromatic rings. The van der Waals surface area contributed by atoms with Gasteiger partial charge >= 0.3 is 0 Å². The maximum Gasteiger partial charge on any atom is 0.238 e. The van der Waals surface area contributed by atoms with Gasteiger partial charge in [-0.15, -0.1) is 0 Å². The standard InChI is InChI=1S/C12H17FN2O2/c1-3-15-11(12(14)16)7-17-9-4-5-10(13)8(2)6-9/h4-6,11,15H,3,7H2,1-2H3,(H2,14,16). The monoisotopic (exact) mass is 240 g/mol. The zero-order valence-electron chi connectivity index (χ0n) is 10.00.